The Morgan fingerprint density at radius 3 is 2.48 bits per heavy atom. The second-order valence-electron chi connectivity index (χ2n) is 6.20. The summed E-state index contributed by atoms with van der Waals surface area (Å²) in [5, 5.41) is 4.21. The lowest BCUT2D eigenvalue weighted by molar-refractivity contribution is -0.140. The van der Waals surface area contributed by atoms with Crippen molar-refractivity contribution < 1.29 is 28.5 Å². The molecule has 0 N–H and O–H groups in total. The Hall–Kier alpha value is -3.33. The second kappa shape index (κ2) is 9.24. The second-order valence-corrected chi connectivity index (χ2v) is 6.20. The predicted molar refractivity (Wildman–Crippen MR) is 103 cm³/mol. The highest BCUT2D eigenvalue weighted by atomic mass is 16.5. The van der Waals surface area contributed by atoms with Gasteiger partial charge in [-0.05, 0) is 31.2 Å². The van der Waals surface area contributed by atoms with E-state index in [9.17, 15) is 9.59 Å². The van der Waals surface area contributed by atoms with Crippen molar-refractivity contribution in [3.05, 3.63) is 53.5 Å². The van der Waals surface area contributed by atoms with Gasteiger partial charge in [-0.25, -0.2) is 9.59 Å². The van der Waals surface area contributed by atoms with Crippen LogP contribution in [0.4, 0.5) is 5.69 Å². The van der Waals surface area contributed by atoms with Crippen LogP contribution in [0.25, 0.3) is 0 Å². The Morgan fingerprint density at radius 1 is 1.14 bits per heavy atom. The summed E-state index contributed by atoms with van der Waals surface area (Å²) in [5.74, 6) is -0.614. The molecule has 2 aromatic rings. The van der Waals surface area contributed by atoms with Crippen molar-refractivity contribution in [2.24, 2.45) is 0 Å². The number of esters is 2. The molecule has 1 aromatic carbocycles. The number of aryl methyl sites for hydroxylation is 1. The fraction of sp³-hybridized carbons (Fsp3) is 0.350. The van der Waals surface area contributed by atoms with Gasteiger partial charge in [0.2, 0.25) is 0 Å². The highest BCUT2D eigenvalue weighted by molar-refractivity contribution is 6.03. The maximum absolute atomic E-state index is 12.3. The first-order chi connectivity index (χ1) is 14.1. The Bertz CT molecular complexity index is 903. The maximum atomic E-state index is 12.3. The average Bonchev–Trinajstić information content (AvgIpc) is 3.24. The summed E-state index contributed by atoms with van der Waals surface area (Å²) in [7, 11) is 2.51. The number of carbonyl (C=O) groups excluding carboxylic acids is 2. The molecule has 0 unspecified atom stereocenters. The number of aromatic nitrogens is 2. The summed E-state index contributed by atoms with van der Waals surface area (Å²) in [6.07, 6.45) is 3.70. The molecule has 0 fully saturated rings. The van der Waals surface area contributed by atoms with Crippen molar-refractivity contribution >= 4 is 17.6 Å². The molecule has 0 atom stereocenters. The molecular formula is C20H23N3O6. The van der Waals surface area contributed by atoms with Gasteiger partial charge in [0.1, 0.15) is 24.8 Å². The molecule has 29 heavy (non-hydrogen) atoms. The first kappa shape index (κ1) is 20.4. The van der Waals surface area contributed by atoms with Gasteiger partial charge in [0, 0.05) is 24.0 Å². The lowest BCUT2D eigenvalue weighted by Crippen LogP contribution is -2.38. The van der Waals surface area contributed by atoms with Crippen LogP contribution in [0.3, 0.4) is 0 Å². The van der Waals surface area contributed by atoms with Crippen molar-refractivity contribution in [3.63, 3.8) is 0 Å². The molecule has 9 nitrogen and oxygen atoms in total. The third-order valence-corrected chi connectivity index (χ3v) is 4.40. The number of ether oxygens (including phenoxy) is 4. The molecule has 0 saturated carbocycles. The Balaban J connectivity index is 1.78. The van der Waals surface area contributed by atoms with Crippen LogP contribution in [0.5, 0.6) is 5.75 Å². The third kappa shape index (κ3) is 4.57. The number of hydrogen-bond acceptors (Lipinski definition) is 8. The molecule has 3 rings (SSSR count). The van der Waals surface area contributed by atoms with Crippen LogP contribution in [0.2, 0.25) is 0 Å². The summed E-state index contributed by atoms with van der Waals surface area (Å²) in [5.41, 5.74) is 1.83. The molecule has 154 valence electrons. The number of anilines is 1. The minimum absolute atomic E-state index is 0.0275. The monoisotopic (exact) mass is 401 g/mol. The smallest absolute Gasteiger partial charge is 0.355 e. The van der Waals surface area contributed by atoms with Crippen LogP contribution in [-0.2, 0) is 37.0 Å². The van der Waals surface area contributed by atoms with Gasteiger partial charge in [-0.15, -0.1) is 0 Å². The molecular weight excluding hydrogens is 378 g/mol. The molecule has 1 aliphatic rings. The zero-order valence-electron chi connectivity index (χ0n) is 16.6. The quantitative estimate of drug-likeness (QED) is 0.650. The number of nitrogens with zero attached hydrogens (tertiary/aromatic N) is 3. The normalized spacial score (nSPS) is 14.0. The van der Waals surface area contributed by atoms with Gasteiger partial charge in [-0.3, -0.25) is 4.68 Å². The molecule has 0 amide bonds. The number of hydrogen-bond donors (Lipinski definition) is 0. The van der Waals surface area contributed by atoms with Crippen LogP contribution < -0.4 is 9.64 Å². The van der Waals surface area contributed by atoms with Gasteiger partial charge in [-0.2, -0.15) is 5.10 Å². The van der Waals surface area contributed by atoms with Gasteiger partial charge in [0.15, 0.2) is 0 Å². The highest BCUT2D eigenvalue weighted by Crippen LogP contribution is 2.28. The largest absolute Gasteiger partial charge is 0.489 e. The molecule has 1 aromatic heterocycles. The number of carbonyl (C=O) groups is 2. The minimum Gasteiger partial charge on any atom is -0.489 e. The van der Waals surface area contributed by atoms with Gasteiger partial charge in [0.25, 0.3) is 0 Å². The summed E-state index contributed by atoms with van der Waals surface area (Å²) < 4.78 is 22.7. The minimum atomic E-state index is -0.637. The molecule has 0 bridgehead atoms. The molecule has 0 spiro atoms. The van der Waals surface area contributed by atoms with E-state index < -0.39 is 11.9 Å². The zero-order chi connectivity index (χ0) is 20.8. The van der Waals surface area contributed by atoms with Crippen LogP contribution in [0, 0.1) is 0 Å². The summed E-state index contributed by atoms with van der Waals surface area (Å²) in [6.45, 7) is 3.28. The van der Waals surface area contributed by atoms with Crippen molar-refractivity contribution in [1.82, 2.24) is 9.78 Å². The fourth-order valence-electron chi connectivity index (χ4n) is 2.89. The van der Waals surface area contributed by atoms with Crippen molar-refractivity contribution in [2.45, 2.75) is 20.1 Å². The van der Waals surface area contributed by atoms with Crippen molar-refractivity contribution in [3.8, 4) is 5.75 Å². The predicted octanol–water partition coefficient (Wildman–Crippen LogP) is 1.88. The summed E-state index contributed by atoms with van der Waals surface area (Å²) >= 11 is 0. The van der Waals surface area contributed by atoms with E-state index in [1.165, 1.54) is 14.2 Å². The maximum Gasteiger partial charge on any atom is 0.355 e. The van der Waals surface area contributed by atoms with E-state index in [1.54, 1.807) is 35.4 Å². The van der Waals surface area contributed by atoms with Crippen molar-refractivity contribution in [1.29, 1.82) is 0 Å². The highest BCUT2D eigenvalue weighted by Gasteiger charge is 2.32. The van der Waals surface area contributed by atoms with Crippen LogP contribution in [-0.4, -0.2) is 49.3 Å². The summed E-state index contributed by atoms with van der Waals surface area (Å²) in [4.78, 5) is 25.9. The van der Waals surface area contributed by atoms with Crippen LogP contribution >= 0.6 is 0 Å². The van der Waals surface area contributed by atoms with E-state index in [-0.39, 0.29) is 24.6 Å². The van der Waals surface area contributed by atoms with E-state index in [4.69, 9.17) is 18.9 Å². The molecule has 0 aliphatic carbocycles. The SMILES string of the molecule is CCn1cc(COc2ccc(N3COCC(C(=O)OC)=C3C(=O)OC)cc2)cn1. The number of methoxy groups -OCH3 is 2. The standard InChI is InChI=1S/C20H23N3O6/c1-4-22-10-14(9-21-22)11-29-16-7-5-15(6-8-16)23-13-28-12-17(19(24)26-2)18(23)20(25)27-3/h5-10H,4,11-13H2,1-3H3. The van der Waals surface area contributed by atoms with Crippen molar-refractivity contribution in [2.75, 3.05) is 32.5 Å². The Kier molecular flexibility index (Phi) is 6.50. The Labute approximate surface area is 168 Å². The summed E-state index contributed by atoms with van der Waals surface area (Å²) in [6, 6.07) is 7.11. The van der Waals surface area contributed by atoms with Gasteiger partial charge in [-0.1, -0.05) is 0 Å². The fourth-order valence-corrected chi connectivity index (χ4v) is 2.89. The lowest BCUT2D eigenvalue weighted by atomic mass is 10.1. The van der Waals surface area contributed by atoms with Gasteiger partial charge < -0.3 is 23.8 Å². The molecule has 0 saturated heterocycles. The molecule has 2 heterocycles. The number of rotatable bonds is 7. The van der Waals surface area contributed by atoms with E-state index in [2.05, 4.69) is 5.10 Å². The van der Waals surface area contributed by atoms with E-state index in [1.807, 2.05) is 17.8 Å². The number of benzene rings is 1. The molecule has 0 radical (unpaired) electrons. The molecule has 1 aliphatic heterocycles. The van der Waals surface area contributed by atoms with Gasteiger partial charge in [0.05, 0.1) is 32.6 Å². The topological polar surface area (TPSA) is 92.1 Å². The first-order valence-corrected chi connectivity index (χ1v) is 9.06. The van der Waals surface area contributed by atoms with Crippen LogP contribution in [0.1, 0.15) is 12.5 Å². The lowest BCUT2D eigenvalue weighted by Gasteiger charge is -2.31. The average molecular weight is 401 g/mol. The zero-order valence-corrected chi connectivity index (χ0v) is 16.6. The first-order valence-electron chi connectivity index (χ1n) is 9.06. The van der Waals surface area contributed by atoms with E-state index in [0.717, 1.165) is 12.1 Å². The Morgan fingerprint density at radius 2 is 1.86 bits per heavy atom. The molecule has 9 heteroatoms. The van der Waals surface area contributed by atoms with Crippen LogP contribution in [0.15, 0.2) is 47.9 Å². The van der Waals surface area contributed by atoms with Gasteiger partial charge >= 0.3 is 11.9 Å². The third-order valence-electron chi connectivity index (χ3n) is 4.40. The van der Waals surface area contributed by atoms with E-state index >= 15 is 0 Å². The van der Waals surface area contributed by atoms with E-state index in [0.29, 0.717) is 18.0 Å².